The van der Waals surface area contributed by atoms with Gasteiger partial charge in [-0.05, 0) is 31.3 Å². The van der Waals surface area contributed by atoms with Gasteiger partial charge in [-0.2, -0.15) is 0 Å². The summed E-state index contributed by atoms with van der Waals surface area (Å²) in [6, 6.07) is 0.749. The van der Waals surface area contributed by atoms with Crippen molar-refractivity contribution in [3.63, 3.8) is 0 Å². The minimum Gasteiger partial charge on any atom is -0.661 e. The van der Waals surface area contributed by atoms with E-state index in [0.717, 1.165) is 25.0 Å². The van der Waals surface area contributed by atoms with Crippen LogP contribution in [0.4, 0.5) is 0 Å². The fraction of sp³-hybridized carbons (Fsp3) is 1.00. The minimum atomic E-state index is 0.749. The van der Waals surface area contributed by atoms with Crippen LogP contribution in [0.5, 0.6) is 0 Å². The summed E-state index contributed by atoms with van der Waals surface area (Å²) in [6.07, 6.45) is 2.76. The van der Waals surface area contributed by atoms with Gasteiger partial charge >= 0.3 is 0 Å². The maximum Gasteiger partial charge on any atom is -0.00468 e. The van der Waals surface area contributed by atoms with E-state index in [1.165, 1.54) is 19.4 Å². The molecule has 0 spiro atoms. The molecule has 2 saturated heterocycles. The van der Waals surface area contributed by atoms with Crippen molar-refractivity contribution < 1.29 is 0 Å². The number of piperidine rings is 1. The van der Waals surface area contributed by atoms with Crippen LogP contribution in [0.3, 0.4) is 0 Å². The molecule has 2 aliphatic rings. The van der Waals surface area contributed by atoms with Gasteiger partial charge < -0.3 is 10.6 Å². The quantitative estimate of drug-likeness (QED) is 0.508. The third kappa shape index (κ3) is 0.970. The highest BCUT2D eigenvalue weighted by Crippen LogP contribution is 2.24. The molecular formula is C7H13N2-. The molecule has 52 valence electrons. The van der Waals surface area contributed by atoms with Crippen LogP contribution in [0, 0.1) is 5.92 Å². The van der Waals surface area contributed by atoms with Crippen molar-refractivity contribution in [1.29, 1.82) is 0 Å². The minimum absolute atomic E-state index is 0.749. The van der Waals surface area contributed by atoms with Crippen molar-refractivity contribution in [3.05, 3.63) is 5.32 Å². The van der Waals surface area contributed by atoms with Gasteiger partial charge in [0, 0.05) is 0 Å². The first kappa shape index (κ1) is 5.69. The Balaban J connectivity index is 1.97. The second-order valence-corrected chi connectivity index (χ2v) is 3.05. The topological polar surface area (TPSA) is 26.1 Å². The van der Waals surface area contributed by atoms with Crippen molar-refractivity contribution in [2.24, 2.45) is 5.92 Å². The van der Waals surface area contributed by atoms with E-state index in [1.807, 2.05) is 0 Å². The first-order valence-corrected chi connectivity index (χ1v) is 3.83. The average Bonchev–Trinajstić information content (AvgIpc) is 2.33. The van der Waals surface area contributed by atoms with Crippen LogP contribution in [0.2, 0.25) is 0 Å². The van der Waals surface area contributed by atoms with Crippen LogP contribution in [0.15, 0.2) is 0 Å². The summed E-state index contributed by atoms with van der Waals surface area (Å²) in [4.78, 5) is 0. The smallest absolute Gasteiger partial charge is 0.00468 e. The van der Waals surface area contributed by atoms with E-state index in [4.69, 9.17) is 0 Å². The molecule has 2 nitrogen and oxygen atoms in total. The van der Waals surface area contributed by atoms with Crippen molar-refractivity contribution in [3.8, 4) is 0 Å². The number of hydrogen-bond donors (Lipinski definition) is 1. The van der Waals surface area contributed by atoms with Gasteiger partial charge in [-0.1, -0.05) is 0 Å². The van der Waals surface area contributed by atoms with E-state index in [0.29, 0.717) is 0 Å². The lowest BCUT2D eigenvalue weighted by Gasteiger charge is -2.27. The second kappa shape index (κ2) is 2.27. The van der Waals surface area contributed by atoms with E-state index in [-0.39, 0.29) is 0 Å². The van der Waals surface area contributed by atoms with Crippen molar-refractivity contribution in [2.75, 3.05) is 19.6 Å². The molecule has 0 bridgehead atoms. The van der Waals surface area contributed by atoms with Gasteiger partial charge in [0.1, 0.15) is 0 Å². The zero-order valence-electron chi connectivity index (χ0n) is 5.64. The number of fused-ring (bicyclic) bond motifs is 1. The molecule has 0 amide bonds. The standard InChI is InChI=1S/C7H13N2/c1-2-6-4-8-5-7(6)9-3-1/h6-7,9H,1-5H2/q-1/t6-,7-/m1/s1. The Morgan fingerprint density at radius 1 is 1.33 bits per heavy atom. The predicted molar refractivity (Wildman–Crippen MR) is 37.6 cm³/mol. The molecule has 0 saturated carbocycles. The van der Waals surface area contributed by atoms with Crippen molar-refractivity contribution in [2.45, 2.75) is 18.9 Å². The van der Waals surface area contributed by atoms with Crippen LogP contribution >= 0.6 is 0 Å². The lowest BCUT2D eigenvalue weighted by molar-refractivity contribution is 0.340. The van der Waals surface area contributed by atoms with Crippen molar-refractivity contribution >= 4 is 0 Å². The molecule has 0 aromatic carbocycles. The average molecular weight is 125 g/mol. The molecule has 2 aliphatic heterocycles. The van der Waals surface area contributed by atoms with Gasteiger partial charge in [0.2, 0.25) is 0 Å². The van der Waals surface area contributed by atoms with Gasteiger partial charge in [0.05, 0.1) is 0 Å². The highest BCUT2D eigenvalue weighted by molar-refractivity contribution is 5.03. The summed E-state index contributed by atoms with van der Waals surface area (Å²) in [7, 11) is 0. The third-order valence-corrected chi connectivity index (χ3v) is 2.42. The fourth-order valence-electron chi connectivity index (χ4n) is 1.83. The van der Waals surface area contributed by atoms with Crippen molar-refractivity contribution in [1.82, 2.24) is 5.32 Å². The van der Waals surface area contributed by atoms with Gasteiger partial charge in [-0.3, -0.25) is 0 Å². The summed E-state index contributed by atoms with van der Waals surface area (Å²) < 4.78 is 0. The molecule has 0 radical (unpaired) electrons. The number of rotatable bonds is 0. The van der Waals surface area contributed by atoms with E-state index in [2.05, 4.69) is 10.6 Å². The van der Waals surface area contributed by atoms with E-state index < -0.39 is 0 Å². The summed E-state index contributed by atoms with van der Waals surface area (Å²) >= 11 is 0. The maximum atomic E-state index is 4.37. The Morgan fingerprint density at radius 3 is 3.22 bits per heavy atom. The predicted octanol–water partition coefficient (Wildman–Crippen LogP) is 0.742. The zero-order valence-corrected chi connectivity index (χ0v) is 5.64. The molecule has 0 aliphatic carbocycles. The Kier molecular flexibility index (Phi) is 1.44. The van der Waals surface area contributed by atoms with Gasteiger partial charge in [-0.25, -0.2) is 0 Å². The molecule has 0 aromatic rings. The number of nitrogens with zero attached hydrogens (tertiary/aromatic N) is 1. The summed E-state index contributed by atoms with van der Waals surface area (Å²) in [5.74, 6) is 0.888. The Labute approximate surface area is 56.0 Å². The highest BCUT2D eigenvalue weighted by atomic mass is 15.0. The van der Waals surface area contributed by atoms with E-state index >= 15 is 0 Å². The fourth-order valence-corrected chi connectivity index (χ4v) is 1.83. The van der Waals surface area contributed by atoms with Crippen LogP contribution in [-0.4, -0.2) is 25.7 Å². The number of nitrogens with one attached hydrogen (secondary N) is 1. The highest BCUT2D eigenvalue weighted by Gasteiger charge is 2.22. The molecule has 2 heteroatoms. The molecule has 2 heterocycles. The van der Waals surface area contributed by atoms with E-state index in [9.17, 15) is 0 Å². The molecule has 2 atom stereocenters. The molecule has 0 unspecified atom stereocenters. The molecule has 0 aromatic heterocycles. The van der Waals surface area contributed by atoms with Crippen LogP contribution in [0.25, 0.3) is 5.32 Å². The molecule has 9 heavy (non-hydrogen) atoms. The van der Waals surface area contributed by atoms with Crippen LogP contribution in [0.1, 0.15) is 12.8 Å². The normalized spacial score (nSPS) is 42.7. The van der Waals surface area contributed by atoms with Gasteiger partial charge in [-0.15, -0.1) is 13.1 Å². The van der Waals surface area contributed by atoms with E-state index in [1.54, 1.807) is 0 Å². The summed E-state index contributed by atoms with van der Waals surface area (Å²) in [5, 5.41) is 7.85. The third-order valence-electron chi connectivity index (χ3n) is 2.42. The lowest BCUT2D eigenvalue weighted by atomic mass is 9.94. The second-order valence-electron chi connectivity index (χ2n) is 3.05. The lowest BCUT2D eigenvalue weighted by Crippen LogP contribution is -2.40. The Hall–Kier alpha value is -0.0800. The molecule has 2 fully saturated rings. The SMILES string of the molecule is C1CN[C@@H]2C[N-]C[C@H]2C1. The molecule has 2 rings (SSSR count). The zero-order chi connectivity index (χ0) is 6.10. The first-order chi connectivity index (χ1) is 4.47. The Morgan fingerprint density at radius 2 is 2.33 bits per heavy atom. The van der Waals surface area contributed by atoms with Crippen LogP contribution in [-0.2, 0) is 0 Å². The summed E-state index contributed by atoms with van der Waals surface area (Å²) in [5.41, 5.74) is 0. The Bertz CT molecular complexity index is 91.1. The maximum absolute atomic E-state index is 4.37. The molecular weight excluding hydrogens is 112 g/mol. The summed E-state index contributed by atoms with van der Waals surface area (Å²) in [6.45, 7) is 3.42. The number of hydrogen-bond acceptors (Lipinski definition) is 1. The monoisotopic (exact) mass is 125 g/mol. The largest absolute Gasteiger partial charge is 0.661 e. The first-order valence-electron chi connectivity index (χ1n) is 3.83. The van der Waals surface area contributed by atoms with Gasteiger partial charge in [0.15, 0.2) is 0 Å². The van der Waals surface area contributed by atoms with Gasteiger partial charge in [0.25, 0.3) is 0 Å². The molecule has 1 N–H and O–H groups in total. The van der Waals surface area contributed by atoms with Crippen LogP contribution < -0.4 is 5.32 Å².